The number of rotatable bonds is 7. The minimum atomic E-state index is -0.639. The van der Waals surface area contributed by atoms with Gasteiger partial charge >= 0.3 is 0 Å². The highest BCUT2D eigenvalue weighted by atomic mass is 16.5. The zero-order valence-corrected chi connectivity index (χ0v) is 12.3. The van der Waals surface area contributed by atoms with Gasteiger partial charge in [-0.15, -0.1) is 0 Å². The molecule has 4 nitrogen and oxygen atoms in total. The van der Waals surface area contributed by atoms with Crippen LogP contribution in [-0.2, 0) is 9.53 Å². The number of carbonyl (C=O) groups excluding carboxylic acids is 1. The fourth-order valence-electron chi connectivity index (χ4n) is 3.46. The summed E-state index contributed by atoms with van der Waals surface area (Å²) in [7, 11) is 1.81. The summed E-state index contributed by atoms with van der Waals surface area (Å²) in [5.74, 6) is 1.57. The van der Waals surface area contributed by atoms with Crippen molar-refractivity contribution in [3.05, 3.63) is 0 Å². The molecule has 2 saturated carbocycles. The molecule has 110 valence electrons. The number of amides is 1. The highest BCUT2D eigenvalue weighted by Gasteiger charge is 2.49. The molecule has 0 radical (unpaired) electrons. The van der Waals surface area contributed by atoms with E-state index in [1.54, 1.807) is 0 Å². The molecule has 1 amide bonds. The third-order valence-electron chi connectivity index (χ3n) is 4.89. The molecule has 0 aliphatic heterocycles. The highest BCUT2D eigenvalue weighted by Crippen LogP contribution is 2.40. The number of nitrogens with two attached hydrogens (primary N) is 1. The molecule has 2 aliphatic carbocycles. The quantitative estimate of drug-likeness (QED) is 0.738. The second-order valence-corrected chi connectivity index (χ2v) is 6.51. The van der Waals surface area contributed by atoms with Crippen LogP contribution >= 0.6 is 0 Å². The van der Waals surface area contributed by atoms with Crippen molar-refractivity contribution >= 4 is 5.91 Å². The van der Waals surface area contributed by atoms with Crippen LogP contribution in [0.5, 0.6) is 0 Å². The molecule has 0 saturated heterocycles. The van der Waals surface area contributed by atoms with E-state index >= 15 is 0 Å². The summed E-state index contributed by atoms with van der Waals surface area (Å²) < 4.78 is 5.88. The summed E-state index contributed by atoms with van der Waals surface area (Å²) in [6, 6.07) is 0. The molecule has 3 atom stereocenters. The first-order valence-electron chi connectivity index (χ1n) is 7.65. The molecule has 3 N–H and O–H groups in total. The first-order chi connectivity index (χ1) is 9.08. The Kier molecular flexibility index (Phi) is 4.85. The molecule has 0 aromatic rings. The maximum Gasteiger partial charge on any atom is 0.240 e. The van der Waals surface area contributed by atoms with Crippen molar-refractivity contribution in [3.63, 3.8) is 0 Å². The zero-order valence-electron chi connectivity index (χ0n) is 12.3. The fraction of sp³-hybridized carbons (Fsp3) is 0.933. The molecule has 0 spiro atoms. The lowest BCUT2D eigenvalue weighted by molar-refractivity contribution is -0.128. The van der Waals surface area contributed by atoms with Gasteiger partial charge in [0.05, 0.1) is 6.61 Å². The van der Waals surface area contributed by atoms with E-state index in [1.165, 1.54) is 25.7 Å². The predicted molar refractivity (Wildman–Crippen MR) is 75.7 cm³/mol. The third-order valence-corrected chi connectivity index (χ3v) is 4.89. The molecule has 4 heteroatoms. The van der Waals surface area contributed by atoms with E-state index in [0.717, 1.165) is 25.4 Å². The largest absolute Gasteiger partial charge is 0.379 e. The lowest BCUT2D eigenvalue weighted by Gasteiger charge is -2.32. The SMILES string of the molecule is CNC(COCC1CCCC(C)C1)(C(N)=O)C1CC1. The summed E-state index contributed by atoms with van der Waals surface area (Å²) in [5.41, 5.74) is 4.94. The van der Waals surface area contributed by atoms with Gasteiger partial charge in [0.25, 0.3) is 0 Å². The Morgan fingerprint density at radius 1 is 1.37 bits per heavy atom. The topological polar surface area (TPSA) is 64.3 Å². The van der Waals surface area contributed by atoms with Gasteiger partial charge in [-0.1, -0.05) is 19.8 Å². The fourth-order valence-corrected chi connectivity index (χ4v) is 3.46. The van der Waals surface area contributed by atoms with Crippen molar-refractivity contribution in [3.8, 4) is 0 Å². The molecule has 3 unspecified atom stereocenters. The van der Waals surface area contributed by atoms with Crippen LogP contribution in [0.1, 0.15) is 45.4 Å². The Bertz CT molecular complexity index is 317. The van der Waals surface area contributed by atoms with Gasteiger partial charge in [-0.3, -0.25) is 4.79 Å². The molecule has 0 bridgehead atoms. The summed E-state index contributed by atoms with van der Waals surface area (Å²) in [6.07, 6.45) is 7.33. The van der Waals surface area contributed by atoms with Crippen molar-refractivity contribution in [2.75, 3.05) is 20.3 Å². The van der Waals surface area contributed by atoms with Gasteiger partial charge in [0.2, 0.25) is 5.91 Å². The second kappa shape index (κ2) is 6.23. The average molecular weight is 268 g/mol. The smallest absolute Gasteiger partial charge is 0.240 e. The van der Waals surface area contributed by atoms with Gasteiger partial charge in [0, 0.05) is 6.61 Å². The number of nitrogens with one attached hydrogen (secondary N) is 1. The highest BCUT2D eigenvalue weighted by molar-refractivity contribution is 5.85. The zero-order chi connectivity index (χ0) is 13.9. The van der Waals surface area contributed by atoms with Crippen LogP contribution in [0, 0.1) is 17.8 Å². The van der Waals surface area contributed by atoms with Crippen molar-refractivity contribution < 1.29 is 9.53 Å². The van der Waals surface area contributed by atoms with Crippen molar-refractivity contribution in [1.29, 1.82) is 0 Å². The number of likely N-dealkylation sites (N-methyl/N-ethyl adjacent to an activating group) is 1. The molecule has 0 heterocycles. The molecular weight excluding hydrogens is 240 g/mol. The molecule has 2 fully saturated rings. The number of hydrogen-bond acceptors (Lipinski definition) is 3. The first kappa shape index (κ1) is 14.8. The van der Waals surface area contributed by atoms with Crippen LogP contribution < -0.4 is 11.1 Å². The first-order valence-corrected chi connectivity index (χ1v) is 7.65. The van der Waals surface area contributed by atoms with Crippen LogP contribution in [0.2, 0.25) is 0 Å². The summed E-state index contributed by atoms with van der Waals surface area (Å²) >= 11 is 0. The molecule has 2 aliphatic rings. The van der Waals surface area contributed by atoms with Gasteiger partial charge in [-0.05, 0) is 50.5 Å². The number of carbonyl (C=O) groups is 1. The van der Waals surface area contributed by atoms with Crippen molar-refractivity contribution in [1.82, 2.24) is 5.32 Å². The monoisotopic (exact) mass is 268 g/mol. The van der Waals surface area contributed by atoms with Gasteiger partial charge in [-0.2, -0.15) is 0 Å². The molecule has 2 rings (SSSR count). The summed E-state index contributed by atoms with van der Waals surface area (Å²) in [4.78, 5) is 11.7. The average Bonchev–Trinajstić information content (AvgIpc) is 3.19. The van der Waals surface area contributed by atoms with Crippen molar-refractivity contribution in [2.24, 2.45) is 23.5 Å². The summed E-state index contributed by atoms with van der Waals surface area (Å²) in [5, 5.41) is 3.12. The normalized spacial score (nSPS) is 30.8. The third kappa shape index (κ3) is 3.48. The van der Waals surface area contributed by atoms with E-state index < -0.39 is 5.54 Å². The Morgan fingerprint density at radius 2 is 2.11 bits per heavy atom. The van der Waals surface area contributed by atoms with E-state index in [2.05, 4.69) is 12.2 Å². The van der Waals surface area contributed by atoms with Gasteiger partial charge < -0.3 is 15.8 Å². The lowest BCUT2D eigenvalue weighted by atomic mass is 9.83. The minimum absolute atomic E-state index is 0.269. The summed E-state index contributed by atoms with van der Waals surface area (Å²) in [6.45, 7) is 3.51. The van der Waals surface area contributed by atoms with Gasteiger partial charge in [-0.25, -0.2) is 0 Å². The van der Waals surface area contributed by atoms with E-state index in [4.69, 9.17) is 10.5 Å². The Labute approximate surface area is 116 Å². The van der Waals surface area contributed by atoms with Crippen LogP contribution in [-0.4, -0.2) is 31.7 Å². The van der Waals surface area contributed by atoms with Crippen LogP contribution in [0.3, 0.4) is 0 Å². The van der Waals surface area contributed by atoms with E-state index in [1.807, 2.05) is 7.05 Å². The van der Waals surface area contributed by atoms with Gasteiger partial charge in [0.15, 0.2) is 0 Å². The maximum absolute atomic E-state index is 11.7. The molecule has 19 heavy (non-hydrogen) atoms. The second-order valence-electron chi connectivity index (χ2n) is 6.51. The number of primary amides is 1. The standard InChI is InChI=1S/C15H28N2O2/c1-11-4-3-5-12(8-11)9-19-10-15(17-2,14(16)18)13-6-7-13/h11-13,17H,3-10H2,1-2H3,(H2,16,18). The van der Waals surface area contributed by atoms with Crippen LogP contribution in [0.25, 0.3) is 0 Å². The maximum atomic E-state index is 11.7. The molecular formula is C15H28N2O2. The predicted octanol–water partition coefficient (Wildman–Crippen LogP) is 1.68. The van der Waals surface area contributed by atoms with E-state index in [0.29, 0.717) is 18.4 Å². The van der Waals surface area contributed by atoms with Crippen molar-refractivity contribution in [2.45, 2.75) is 51.0 Å². The Morgan fingerprint density at radius 3 is 2.63 bits per heavy atom. The molecule has 0 aromatic heterocycles. The Balaban J connectivity index is 1.80. The number of ether oxygens (including phenoxy) is 1. The number of hydrogen-bond donors (Lipinski definition) is 2. The van der Waals surface area contributed by atoms with E-state index in [9.17, 15) is 4.79 Å². The Hall–Kier alpha value is -0.610. The lowest BCUT2D eigenvalue weighted by Crippen LogP contribution is -2.59. The van der Waals surface area contributed by atoms with E-state index in [-0.39, 0.29) is 5.91 Å². The molecule has 0 aromatic carbocycles. The minimum Gasteiger partial charge on any atom is -0.379 e. The van der Waals surface area contributed by atoms with Gasteiger partial charge in [0.1, 0.15) is 5.54 Å². The van der Waals surface area contributed by atoms with Crippen LogP contribution in [0.15, 0.2) is 0 Å². The van der Waals surface area contributed by atoms with Crippen LogP contribution in [0.4, 0.5) is 0 Å².